The zero-order chi connectivity index (χ0) is 27.0. The van der Waals surface area contributed by atoms with Gasteiger partial charge in [0.15, 0.2) is 18.0 Å². The zero-order valence-corrected chi connectivity index (χ0v) is 22.1. The number of ether oxygens (including phenoxy) is 5. The Hall–Kier alpha value is -2.72. The van der Waals surface area contributed by atoms with Crippen LogP contribution >= 0.6 is 0 Å². The SMILES string of the molecule is CC(=O)OC1C(=O)[C@]2(C)C(CC[C@@]3(C)C(c4ccoc4)OC(=O)C4OC432)[C@@]23COC(=O)CC2OC(C)(C)C13. The Morgan fingerprint density at radius 3 is 2.53 bits per heavy atom. The minimum Gasteiger partial charge on any atom is -0.472 e. The van der Waals surface area contributed by atoms with Gasteiger partial charge in [0.05, 0.1) is 36.1 Å². The number of furan rings is 1. The minimum atomic E-state index is -1.26. The number of rotatable bonds is 2. The van der Waals surface area contributed by atoms with Crippen LogP contribution in [-0.2, 0) is 42.9 Å². The molecule has 2 aliphatic carbocycles. The number of Topliss-reactive ketones (excluding diaryl/α,β-unsaturated/α-hetero) is 1. The molecule has 2 spiro atoms. The van der Waals surface area contributed by atoms with Crippen LogP contribution in [0.1, 0.15) is 65.5 Å². The standard InChI is InChI=1S/C28H32O10/c1-13(29)35-18-19-24(2,3)37-16-10-17(30)34-12-27(16,19)15-6-8-25(4)21(14-7-9-33-11-14)36-23(32)22-28(25,38-22)26(15,5)20(18)31/h7,9,11,15-16,18-19,21-22H,6,8,10,12H2,1-5H3/t15?,16?,18?,19?,21?,22?,25-,26-,27-,28?/m0/s1. The lowest BCUT2D eigenvalue weighted by atomic mass is 9.36. The fraction of sp³-hybridized carbons (Fsp3) is 0.714. The third-order valence-corrected chi connectivity index (χ3v) is 11.0. The molecule has 7 rings (SSSR count). The maximum absolute atomic E-state index is 14.8. The van der Waals surface area contributed by atoms with Gasteiger partial charge in [0.2, 0.25) is 0 Å². The molecule has 5 heterocycles. The normalized spacial score (nSPS) is 49.9. The lowest BCUT2D eigenvalue weighted by molar-refractivity contribution is -0.240. The van der Waals surface area contributed by atoms with Crippen LogP contribution in [-0.4, -0.2) is 59.8 Å². The smallest absolute Gasteiger partial charge is 0.339 e. The fourth-order valence-electron chi connectivity index (χ4n) is 9.78. The number of epoxide rings is 1. The van der Waals surface area contributed by atoms with Crippen LogP contribution in [0.4, 0.5) is 0 Å². The molecule has 4 saturated heterocycles. The summed E-state index contributed by atoms with van der Waals surface area (Å²) in [7, 11) is 0. The highest BCUT2D eigenvalue weighted by Gasteiger charge is 2.91. The maximum atomic E-state index is 14.8. The summed E-state index contributed by atoms with van der Waals surface area (Å²) in [6.07, 6.45) is 0.994. The number of hydrogen-bond acceptors (Lipinski definition) is 10. The summed E-state index contributed by atoms with van der Waals surface area (Å²) in [6, 6.07) is 1.76. The van der Waals surface area contributed by atoms with Crippen molar-refractivity contribution in [1.29, 1.82) is 0 Å². The van der Waals surface area contributed by atoms with Gasteiger partial charge in [-0.2, -0.15) is 0 Å². The van der Waals surface area contributed by atoms with Gasteiger partial charge in [0.1, 0.15) is 18.3 Å². The number of esters is 3. The summed E-state index contributed by atoms with van der Waals surface area (Å²) in [5.41, 5.74) is -4.21. The highest BCUT2D eigenvalue weighted by atomic mass is 16.7. The molecular formula is C28H32O10. The molecule has 1 aromatic rings. The molecule has 0 N–H and O–H groups in total. The van der Waals surface area contributed by atoms with E-state index in [-0.39, 0.29) is 30.7 Å². The number of ketones is 1. The molecule has 38 heavy (non-hydrogen) atoms. The Bertz CT molecular complexity index is 1270. The summed E-state index contributed by atoms with van der Waals surface area (Å²) >= 11 is 0. The Morgan fingerprint density at radius 2 is 1.84 bits per heavy atom. The highest BCUT2D eigenvalue weighted by molar-refractivity contribution is 5.97. The van der Waals surface area contributed by atoms with Crippen molar-refractivity contribution in [2.24, 2.45) is 28.1 Å². The number of carbonyl (C=O) groups excluding carboxylic acids is 4. The maximum Gasteiger partial charge on any atom is 0.339 e. The van der Waals surface area contributed by atoms with Gasteiger partial charge in [-0.25, -0.2) is 4.79 Å². The van der Waals surface area contributed by atoms with E-state index in [0.717, 1.165) is 0 Å². The van der Waals surface area contributed by atoms with E-state index in [0.29, 0.717) is 18.4 Å². The molecule has 0 amide bonds. The topological polar surface area (TPSA) is 131 Å². The average Bonchev–Trinajstić information content (AvgIpc) is 3.31. The highest BCUT2D eigenvalue weighted by Crippen LogP contribution is 2.79. The van der Waals surface area contributed by atoms with Crippen LogP contribution in [0.2, 0.25) is 0 Å². The van der Waals surface area contributed by atoms with Crippen LogP contribution in [0.3, 0.4) is 0 Å². The number of carbonyl (C=O) groups is 4. The van der Waals surface area contributed by atoms with Crippen molar-refractivity contribution in [3.63, 3.8) is 0 Å². The van der Waals surface area contributed by atoms with E-state index >= 15 is 0 Å². The summed E-state index contributed by atoms with van der Waals surface area (Å²) < 4.78 is 35.7. The van der Waals surface area contributed by atoms with E-state index in [9.17, 15) is 19.2 Å². The van der Waals surface area contributed by atoms with E-state index in [1.807, 2.05) is 27.7 Å². The van der Waals surface area contributed by atoms with E-state index in [1.165, 1.54) is 13.2 Å². The molecular weight excluding hydrogens is 496 g/mol. The fourth-order valence-corrected chi connectivity index (χ4v) is 9.78. The molecule has 6 aliphatic rings. The van der Waals surface area contributed by atoms with Crippen LogP contribution in [0.25, 0.3) is 0 Å². The van der Waals surface area contributed by atoms with E-state index in [2.05, 4.69) is 0 Å². The molecule has 0 radical (unpaired) electrons. The predicted molar refractivity (Wildman–Crippen MR) is 125 cm³/mol. The summed E-state index contributed by atoms with van der Waals surface area (Å²) in [4.78, 5) is 53.0. The van der Waals surface area contributed by atoms with Gasteiger partial charge in [-0.3, -0.25) is 14.4 Å². The number of cyclic esters (lactones) is 2. The molecule has 0 aromatic carbocycles. The second-order valence-electron chi connectivity index (χ2n) is 12.9. The summed E-state index contributed by atoms with van der Waals surface area (Å²) in [5.74, 6) is -2.65. The van der Waals surface area contributed by atoms with Gasteiger partial charge >= 0.3 is 17.9 Å². The first-order chi connectivity index (χ1) is 17.8. The number of fused-ring (bicyclic) bond motifs is 1. The molecule has 1 aromatic heterocycles. The molecule has 10 atom stereocenters. The molecule has 6 fully saturated rings. The Balaban J connectivity index is 1.45. The van der Waals surface area contributed by atoms with E-state index in [4.69, 9.17) is 28.1 Å². The minimum absolute atomic E-state index is 0.0434. The van der Waals surface area contributed by atoms with Gasteiger partial charge in [0.25, 0.3) is 0 Å². The first kappa shape index (κ1) is 24.3. The number of hydrogen-bond donors (Lipinski definition) is 0. The van der Waals surface area contributed by atoms with Crippen molar-refractivity contribution >= 4 is 23.7 Å². The second-order valence-corrected chi connectivity index (χ2v) is 12.9. The van der Waals surface area contributed by atoms with Crippen molar-refractivity contribution in [2.45, 2.75) is 89.5 Å². The molecule has 2 saturated carbocycles. The third kappa shape index (κ3) is 2.48. The van der Waals surface area contributed by atoms with E-state index in [1.54, 1.807) is 12.3 Å². The van der Waals surface area contributed by atoms with Gasteiger partial charge in [-0.15, -0.1) is 0 Å². The second kappa shape index (κ2) is 7.07. The summed E-state index contributed by atoms with van der Waals surface area (Å²) in [6.45, 7) is 8.93. The van der Waals surface area contributed by atoms with Crippen LogP contribution in [0.5, 0.6) is 0 Å². The lowest BCUT2D eigenvalue weighted by Gasteiger charge is -2.65. The first-order valence-corrected chi connectivity index (χ1v) is 13.3. The zero-order valence-electron chi connectivity index (χ0n) is 22.1. The molecule has 7 unspecified atom stereocenters. The van der Waals surface area contributed by atoms with Crippen LogP contribution in [0.15, 0.2) is 23.0 Å². The van der Waals surface area contributed by atoms with Gasteiger partial charge < -0.3 is 28.1 Å². The first-order valence-electron chi connectivity index (χ1n) is 13.3. The summed E-state index contributed by atoms with van der Waals surface area (Å²) in [5, 5.41) is 0. The van der Waals surface area contributed by atoms with Gasteiger partial charge in [-0.1, -0.05) is 6.92 Å². The lowest BCUT2D eigenvalue weighted by Crippen LogP contribution is -2.76. The van der Waals surface area contributed by atoms with Gasteiger partial charge in [0, 0.05) is 29.2 Å². The quantitative estimate of drug-likeness (QED) is 0.321. The average molecular weight is 529 g/mol. The predicted octanol–water partition coefficient (Wildman–Crippen LogP) is 2.68. The Labute approximate surface area is 219 Å². The largest absolute Gasteiger partial charge is 0.472 e. The van der Waals surface area contributed by atoms with Crippen LogP contribution in [0, 0.1) is 28.1 Å². The Kier molecular flexibility index (Phi) is 4.53. The van der Waals surface area contributed by atoms with Gasteiger partial charge in [-0.05, 0) is 45.6 Å². The third-order valence-electron chi connectivity index (χ3n) is 11.0. The molecule has 204 valence electrons. The van der Waals surface area contributed by atoms with Crippen LogP contribution < -0.4 is 0 Å². The van der Waals surface area contributed by atoms with Crippen molar-refractivity contribution < 1.29 is 47.3 Å². The molecule has 10 nitrogen and oxygen atoms in total. The molecule has 10 heteroatoms. The Morgan fingerprint density at radius 1 is 1.08 bits per heavy atom. The molecule has 0 bridgehead atoms. The molecule has 4 aliphatic heterocycles. The van der Waals surface area contributed by atoms with Crippen molar-refractivity contribution in [3.8, 4) is 0 Å². The van der Waals surface area contributed by atoms with Crippen molar-refractivity contribution in [2.75, 3.05) is 6.61 Å². The monoisotopic (exact) mass is 528 g/mol. The van der Waals surface area contributed by atoms with Crippen molar-refractivity contribution in [1.82, 2.24) is 0 Å². The van der Waals surface area contributed by atoms with Crippen molar-refractivity contribution in [3.05, 3.63) is 24.2 Å². The van der Waals surface area contributed by atoms with E-state index < -0.39 is 69.7 Å².